The van der Waals surface area contributed by atoms with Crippen LogP contribution in [0, 0.1) is 0 Å². The molecule has 0 spiro atoms. The molecule has 0 saturated carbocycles. The van der Waals surface area contributed by atoms with Crippen molar-refractivity contribution in [2.24, 2.45) is 0 Å². The number of hydrogen-bond acceptors (Lipinski definition) is 5. The maximum Gasteiger partial charge on any atom is 0.329 e. The van der Waals surface area contributed by atoms with Crippen molar-refractivity contribution < 1.29 is 19.1 Å². The molecule has 8 heteroatoms. The number of halogens is 1. The summed E-state index contributed by atoms with van der Waals surface area (Å²) in [6, 6.07) is 14.8. The summed E-state index contributed by atoms with van der Waals surface area (Å²) in [7, 11) is 0. The maximum atomic E-state index is 12.4. The van der Waals surface area contributed by atoms with Crippen LogP contribution in [0.15, 0.2) is 59.1 Å². The van der Waals surface area contributed by atoms with Gasteiger partial charge in [0.05, 0.1) is 0 Å². The van der Waals surface area contributed by atoms with E-state index >= 15 is 0 Å². The predicted molar refractivity (Wildman–Crippen MR) is 114 cm³/mol. The molecule has 2 amide bonds. The van der Waals surface area contributed by atoms with E-state index in [2.05, 4.69) is 26.6 Å². The van der Waals surface area contributed by atoms with Gasteiger partial charge in [0.15, 0.2) is 6.61 Å². The van der Waals surface area contributed by atoms with Crippen LogP contribution in [-0.4, -0.2) is 42.4 Å². The highest BCUT2D eigenvalue weighted by molar-refractivity contribution is 9.10. The quantitative estimate of drug-likeness (QED) is 0.554. The van der Waals surface area contributed by atoms with E-state index in [1.165, 1.54) is 0 Å². The monoisotopic (exact) mass is 464 g/mol. The second kappa shape index (κ2) is 11.5. The van der Waals surface area contributed by atoms with Gasteiger partial charge in [0, 0.05) is 15.7 Å². The van der Waals surface area contributed by atoms with Crippen molar-refractivity contribution in [2.45, 2.75) is 12.5 Å². The van der Waals surface area contributed by atoms with Crippen LogP contribution >= 0.6 is 27.7 Å². The van der Waals surface area contributed by atoms with Gasteiger partial charge in [0.1, 0.15) is 6.04 Å². The third-order valence-corrected chi connectivity index (χ3v) is 4.88. The Bertz CT molecular complexity index is 800. The molecule has 0 heterocycles. The van der Waals surface area contributed by atoms with Crippen LogP contribution in [0.3, 0.4) is 0 Å². The molecule has 0 aliphatic rings. The molecular formula is C20H21BrN2O4S. The van der Waals surface area contributed by atoms with E-state index in [1.54, 1.807) is 66.4 Å². The zero-order valence-electron chi connectivity index (χ0n) is 15.3. The van der Waals surface area contributed by atoms with E-state index in [1.807, 2.05) is 6.26 Å². The van der Waals surface area contributed by atoms with Crippen LogP contribution in [0.25, 0.3) is 0 Å². The number of thioether (sulfide) groups is 1. The van der Waals surface area contributed by atoms with E-state index in [9.17, 15) is 14.4 Å². The Morgan fingerprint density at radius 3 is 2.39 bits per heavy atom. The molecule has 0 aliphatic carbocycles. The topological polar surface area (TPSA) is 84.5 Å². The summed E-state index contributed by atoms with van der Waals surface area (Å²) in [5, 5.41) is 5.33. The lowest BCUT2D eigenvalue weighted by Crippen LogP contribution is -2.43. The predicted octanol–water partition coefficient (Wildman–Crippen LogP) is 3.48. The fraction of sp³-hybridized carbons (Fsp3) is 0.250. The standard InChI is InChI=1S/C20H21BrN2O4S/c1-28-12-11-17(23-19(25)14-5-3-2-4-6-14)20(26)27-13-18(24)22-16-9-7-15(21)8-10-16/h2-10,17H,11-13H2,1H3,(H,22,24)(H,23,25)/t17-/m0/s1. The molecule has 28 heavy (non-hydrogen) atoms. The van der Waals surface area contributed by atoms with Gasteiger partial charge in [-0.3, -0.25) is 9.59 Å². The van der Waals surface area contributed by atoms with Gasteiger partial charge in [-0.1, -0.05) is 34.1 Å². The third kappa shape index (κ3) is 7.36. The number of hydrogen-bond donors (Lipinski definition) is 2. The average Bonchev–Trinajstić information content (AvgIpc) is 2.71. The fourth-order valence-electron chi connectivity index (χ4n) is 2.28. The first kappa shape index (κ1) is 22.0. The number of benzene rings is 2. The minimum Gasteiger partial charge on any atom is -0.454 e. The average molecular weight is 465 g/mol. The van der Waals surface area contributed by atoms with E-state index in [-0.39, 0.29) is 5.91 Å². The normalized spacial score (nSPS) is 11.4. The maximum absolute atomic E-state index is 12.4. The van der Waals surface area contributed by atoms with Crippen molar-refractivity contribution in [2.75, 3.05) is 23.9 Å². The minimum atomic E-state index is -0.819. The summed E-state index contributed by atoms with van der Waals surface area (Å²) < 4.78 is 6.00. The van der Waals surface area contributed by atoms with Crippen molar-refractivity contribution in [1.82, 2.24) is 5.32 Å². The molecule has 2 aromatic rings. The first-order valence-corrected chi connectivity index (χ1v) is 10.7. The molecule has 0 bridgehead atoms. The zero-order valence-corrected chi connectivity index (χ0v) is 17.7. The molecule has 2 rings (SSSR count). The number of carbonyl (C=O) groups is 3. The Hall–Kier alpha value is -2.32. The van der Waals surface area contributed by atoms with Gasteiger partial charge in [-0.15, -0.1) is 0 Å². The molecule has 0 saturated heterocycles. The summed E-state index contributed by atoms with van der Waals surface area (Å²) in [5.41, 5.74) is 1.05. The Balaban J connectivity index is 1.89. The van der Waals surface area contributed by atoms with Crippen LogP contribution in [0.5, 0.6) is 0 Å². The number of ether oxygens (including phenoxy) is 1. The zero-order chi connectivity index (χ0) is 20.4. The summed E-state index contributed by atoms with van der Waals surface area (Å²) in [5.74, 6) is -0.777. The lowest BCUT2D eigenvalue weighted by Gasteiger charge is -2.17. The second-order valence-electron chi connectivity index (χ2n) is 5.84. The van der Waals surface area contributed by atoms with Gasteiger partial charge >= 0.3 is 5.97 Å². The van der Waals surface area contributed by atoms with Gasteiger partial charge in [-0.05, 0) is 54.8 Å². The van der Waals surface area contributed by atoms with Crippen LogP contribution in [0.4, 0.5) is 5.69 Å². The van der Waals surface area contributed by atoms with E-state index < -0.39 is 24.5 Å². The molecule has 1 atom stereocenters. The molecule has 0 aromatic heterocycles. The summed E-state index contributed by atoms with van der Waals surface area (Å²) in [4.78, 5) is 36.7. The highest BCUT2D eigenvalue weighted by Crippen LogP contribution is 2.14. The number of amides is 2. The number of nitrogens with one attached hydrogen (secondary N) is 2. The van der Waals surface area contributed by atoms with Crippen LogP contribution in [0.2, 0.25) is 0 Å². The first-order chi connectivity index (χ1) is 13.5. The lowest BCUT2D eigenvalue weighted by atomic mass is 10.1. The smallest absolute Gasteiger partial charge is 0.329 e. The Labute approximate surface area is 176 Å². The van der Waals surface area contributed by atoms with Gasteiger partial charge in [0.25, 0.3) is 11.8 Å². The van der Waals surface area contributed by atoms with Crippen molar-refractivity contribution >= 4 is 51.2 Å². The molecule has 0 radical (unpaired) electrons. The number of carbonyl (C=O) groups excluding carboxylic acids is 3. The Morgan fingerprint density at radius 1 is 1.07 bits per heavy atom. The SMILES string of the molecule is CSCC[C@H](NC(=O)c1ccccc1)C(=O)OCC(=O)Nc1ccc(Br)cc1. The Morgan fingerprint density at radius 2 is 1.75 bits per heavy atom. The van der Waals surface area contributed by atoms with Crippen molar-refractivity contribution in [3.8, 4) is 0 Å². The van der Waals surface area contributed by atoms with Crippen LogP contribution in [-0.2, 0) is 14.3 Å². The van der Waals surface area contributed by atoms with Crippen molar-refractivity contribution in [3.63, 3.8) is 0 Å². The van der Waals surface area contributed by atoms with E-state index in [0.29, 0.717) is 23.4 Å². The van der Waals surface area contributed by atoms with Crippen LogP contribution < -0.4 is 10.6 Å². The van der Waals surface area contributed by atoms with E-state index in [0.717, 1.165) is 4.47 Å². The summed E-state index contributed by atoms with van der Waals surface area (Å²) in [6.07, 6.45) is 2.32. The highest BCUT2D eigenvalue weighted by atomic mass is 79.9. The lowest BCUT2D eigenvalue weighted by molar-refractivity contribution is -0.149. The highest BCUT2D eigenvalue weighted by Gasteiger charge is 2.23. The Kier molecular flexibility index (Phi) is 9.03. The van der Waals surface area contributed by atoms with Gasteiger partial charge in [-0.2, -0.15) is 11.8 Å². The van der Waals surface area contributed by atoms with Gasteiger partial charge in [-0.25, -0.2) is 4.79 Å². The van der Waals surface area contributed by atoms with Crippen molar-refractivity contribution in [1.29, 1.82) is 0 Å². The van der Waals surface area contributed by atoms with E-state index in [4.69, 9.17) is 4.74 Å². The molecule has 6 nitrogen and oxygen atoms in total. The molecule has 2 aromatic carbocycles. The molecule has 2 N–H and O–H groups in total. The third-order valence-electron chi connectivity index (χ3n) is 3.71. The molecule has 0 fully saturated rings. The molecule has 148 valence electrons. The first-order valence-electron chi connectivity index (χ1n) is 8.56. The molecule has 0 unspecified atom stereocenters. The largest absolute Gasteiger partial charge is 0.454 e. The number of anilines is 1. The molecule has 0 aliphatic heterocycles. The molecular weight excluding hydrogens is 444 g/mol. The van der Waals surface area contributed by atoms with Gasteiger partial charge < -0.3 is 15.4 Å². The van der Waals surface area contributed by atoms with Crippen LogP contribution in [0.1, 0.15) is 16.8 Å². The second-order valence-corrected chi connectivity index (χ2v) is 7.74. The summed E-state index contributed by atoms with van der Waals surface area (Å²) in [6.45, 7) is -0.425. The van der Waals surface area contributed by atoms with Crippen molar-refractivity contribution in [3.05, 3.63) is 64.6 Å². The summed E-state index contributed by atoms with van der Waals surface area (Å²) >= 11 is 4.87. The number of esters is 1. The van der Waals surface area contributed by atoms with Gasteiger partial charge in [0.2, 0.25) is 0 Å². The number of rotatable bonds is 9. The minimum absolute atomic E-state index is 0.358. The fourth-order valence-corrected chi connectivity index (χ4v) is 3.02.